The SMILES string of the molecule is C1=CC([Si]2(c3ccccc3)CCCC2)C=C1Cc1ccccc1. The first-order valence-corrected chi connectivity index (χ1v) is 11.3. The summed E-state index contributed by atoms with van der Waals surface area (Å²) in [5, 5.41) is 1.67. The van der Waals surface area contributed by atoms with Crippen LogP contribution in [0.3, 0.4) is 0 Å². The molecule has 4 rings (SSSR count). The van der Waals surface area contributed by atoms with Crippen molar-refractivity contribution in [1.29, 1.82) is 0 Å². The first-order valence-electron chi connectivity index (χ1n) is 8.85. The van der Waals surface area contributed by atoms with Gasteiger partial charge in [-0.2, -0.15) is 0 Å². The molecule has 1 atom stereocenters. The van der Waals surface area contributed by atoms with Crippen molar-refractivity contribution in [2.75, 3.05) is 0 Å². The van der Waals surface area contributed by atoms with Gasteiger partial charge in [0.25, 0.3) is 0 Å². The third kappa shape index (κ3) is 2.86. The zero-order valence-corrected chi connectivity index (χ0v) is 14.6. The second kappa shape index (κ2) is 6.33. The highest BCUT2D eigenvalue weighted by Crippen LogP contribution is 2.43. The molecule has 0 radical (unpaired) electrons. The van der Waals surface area contributed by atoms with E-state index in [2.05, 4.69) is 78.9 Å². The van der Waals surface area contributed by atoms with Crippen LogP contribution in [0.4, 0.5) is 0 Å². The Morgan fingerprint density at radius 3 is 2.17 bits per heavy atom. The van der Waals surface area contributed by atoms with Gasteiger partial charge in [-0.05, 0) is 23.1 Å². The van der Waals surface area contributed by atoms with E-state index in [-0.39, 0.29) is 0 Å². The summed E-state index contributed by atoms with van der Waals surface area (Å²) in [6, 6.07) is 25.2. The normalized spacial score (nSPS) is 22.3. The van der Waals surface area contributed by atoms with Gasteiger partial charge in [0.05, 0.1) is 8.07 Å². The Hall–Kier alpha value is -1.86. The highest BCUT2D eigenvalue weighted by Gasteiger charge is 2.43. The molecule has 0 saturated carbocycles. The Morgan fingerprint density at radius 1 is 0.826 bits per heavy atom. The predicted octanol–water partition coefficient (Wildman–Crippen LogP) is 5.25. The minimum absolute atomic E-state index is 0.700. The van der Waals surface area contributed by atoms with Crippen LogP contribution < -0.4 is 5.19 Å². The highest BCUT2D eigenvalue weighted by atomic mass is 28.3. The molecule has 23 heavy (non-hydrogen) atoms. The van der Waals surface area contributed by atoms with E-state index in [1.165, 1.54) is 36.1 Å². The summed E-state index contributed by atoms with van der Waals surface area (Å²) in [5.41, 5.74) is 3.63. The third-order valence-corrected chi connectivity index (χ3v) is 11.3. The Balaban J connectivity index is 1.61. The molecule has 0 N–H and O–H groups in total. The lowest BCUT2D eigenvalue weighted by Gasteiger charge is -2.32. The van der Waals surface area contributed by atoms with Crippen molar-refractivity contribution in [3.63, 3.8) is 0 Å². The zero-order valence-electron chi connectivity index (χ0n) is 13.6. The van der Waals surface area contributed by atoms with Gasteiger partial charge < -0.3 is 0 Å². The quantitative estimate of drug-likeness (QED) is 0.676. The summed E-state index contributed by atoms with van der Waals surface area (Å²) < 4.78 is 0. The van der Waals surface area contributed by atoms with Crippen LogP contribution in [0.5, 0.6) is 0 Å². The molecule has 0 nitrogen and oxygen atoms in total. The van der Waals surface area contributed by atoms with E-state index in [1.807, 2.05) is 0 Å². The third-order valence-electron chi connectivity index (χ3n) is 5.64. The van der Waals surface area contributed by atoms with Crippen LogP contribution in [0.1, 0.15) is 18.4 Å². The van der Waals surface area contributed by atoms with Gasteiger partial charge in [-0.1, -0.05) is 109 Å². The standard InChI is InChI=1S/C22H24Si/c1-3-9-19(10-4-1)17-20-13-14-22(18-20)23(15-7-8-16-23)21-11-5-2-6-12-21/h1-6,9-14,18,22H,7-8,15-17H2. The van der Waals surface area contributed by atoms with Crippen molar-refractivity contribution in [2.24, 2.45) is 0 Å². The molecule has 2 aromatic carbocycles. The van der Waals surface area contributed by atoms with Crippen LogP contribution in [-0.4, -0.2) is 8.07 Å². The zero-order chi connectivity index (χ0) is 15.5. The number of hydrogen-bond acceptors (Lipinski definition) is 0. The average Bonchev–Trinajstić information content (AvgIpc) is 3.27. The molecule has 2 aliphatic rings. The molecule has 1 aliphatic heterocycles. The van der Waals surface area contributed by atoms with E-state index in [9.17, 15) is 0 Å². The Kier molecular flexibility index (Phi) is 4.05. The number of hydrogen-bond donors (Lipinski definition) is 0. The minimum Gasteiger partial charge on any atom is -0.0797 e. The maximum absolute atomic E-state index is 2.59. The summed E-state index contributed by atoms with van der Waals surface area (Å²) in [6.45, 7) is 0. The van der Waals surface area contributed by atoms with Crippen molar-refractivity contribution in [3.8, 4) is 0 Å². The second-order valence-electron chi connectivity index (χ2n) is 7.02. The molecule has 0 bridgehead atoms. The van der Waals surface area contributed by atoms with Gasteiger partial charge in [-0.25, -0.2) is 0 Å². The first kappa shape index (κ1) is 14.7. The van der Waals surface area contributed by atoms with Gasteiger partial charge in [-0.3, -0.25) is 0 Å². The molecular weight excluding hydrogens is 292 g/mol. The Bertz CT molecular complexity index is 706. The molecule has 1 aliphatic carbocycles. The smallest absolute Gasteiger partial charge is 0.0797 e. The van der Waals surface area contributed by atoms with Crippen molar-refractivity contribution in [3.05, 3.63) is 90.0 Å². The van der Waals surface area contributed by atoms with Gasteiger partial charge in [0.15, 0.2) is 0 Å². The number of allylic oxidation sites excluding steroid dienone is 4. The Labute approximate surface area is 140 Å². The second-order valence-corrected chi connectivity index (χ2v) is 11.6. The maximum Gasteiger partial charge on any atom is 0.0971 e. The van der Waals surface area contributed by atoms with Gasteiger partial charge >= 0.3 is 0 Å². The van der Waals surface area contributed by atoms with E-state index in [0.717, 1.165) is 6.42 Å². The molecule has 2 aromatic rings. The topological polar surface area (TPSA) is 0 Å². The molecule has 1 heteroatoms. The lowest BCUT2D eigenvalue weighted by Crippen LogP contribution is -2.47. The fourth-order valence-corrected chi connectivity index (χ4v) is 9.95. The molecule has 0 amide bonds. The first-order chi connectivity index (χ1) is 11.4. The largest absolute Gasteiger partial charge is 0.0971 e. The minimum atomic E-state index is -1.40. The fraction of sp³-hybridized carbons (Fsp3) is 0.273. The Morgan fingerprint density at radius 2 is 1.48 bits per heavy atom. The van der Waals surface area contributed by atoms with Crippen molar-refractivity contribution >= 4 is 13.3 Å². The van der Waals surface area contributed by atoms with Crippen LogP contribution in [0, 0.1) is 0 Å². The summed E-state index contributed by atoms with van der Waals surface area (Å²) >= 11 is 0. The van der Waals surface area contributed by atoms with Gasteiger partial charge in [0.2, 0.25) is 0 Å². The average molecular weight is 317 g/mol. The highest BCUT2D eigenvalue weighted by molar-refractivity contribution is 6.94. The van der Waals surface area contributed by atoms with Crippen LogP contribution in [-0.2, 0) is 6.42 Å². The summed E-state index contributed by atoms with van der Waals surface area (Å²) in [7, 11) is -1.40. The lowest BCUT2D eigenvalue weighted by molar-refractivity contribution is 0.935. The van der Waals surface area contributed by atoms with E-state index in [4.69, 9.17) is 0 Å². The molecule has 1 unspecified atom stereocenters. The molecule has 116 valence electrons. The number of benzene rings is 2. The van der Waals surface area contributed by atoms with E-state index < -0.39 is 8.07 Å². The summed E-state index contributed by atoms with van der Waals surface area (Å²) in [5.74, 6) is 0. The summed E-state index contributed by atoms with van der Waals surface area (Å²) in [4.78, 5) is 0. The van der Waals surface area contributed by atoms with E-state index >= 15 is 0 Å². The molecular formula is C22H24Si. The van der Waals surface area contributed by atoms with Crippen molar-refractivity contribution < 1.29 is 0 Å². The molecule has 0 spiro atoms. The fourth-order valence-electron chi connectivity index (χ4n) is 4.45. The van der Waals surface area contributed by atoms with E-state index in [0.29, 0.717) is 5.54 Å². The van der Waals surface area contributed by atoms with E-state index in [1.54, 1.807) is 5.19 Å². The van der Waals surface area contributed by atoms with Crippen LogP contribution in [0.2, 0.25) is 17.6 Å². The van der Waals surface area contributed by atoms with Crippen LogP contribution in [0.15, 0.2) is 84.5 Å². The van der Waals surface area contributed by atoms with Crippen molar-refractivity contribution in [1.82, 2.24) is 0 Å². The predicted molar refractivity (Wildman–Crippen MR) is 102 cm³/mol. The maximum atomic E-state index is 2.59. The monoisotopic (exact) mass is 316 g/mol. The van der Waals surface area contributed by atoms with Crippen molar-refractivity contribution in [2.45, 2.75) is 36.9 Å². The molecule has 1 saturated heterocycles. The lowest BCUT2D eigenvalue weighted by atomic mass is 10.1. The van der Waals surface area contributed by atoms with Crippen LogP contribution >= 0.6 is 0 Å². The van der Waals surface area contributed by atoms with Gasteiger partial charge in [0, 0.05) is 0 Å². The summed E-state index contributed by atoms with van der Waals surface area (Å²) in [6.07, 6.45) is 11.4. The molecule has 0 aromatic heterocycles. The molecule has 1 fully saturated rings. The number of rotatable bonds is 4. The van der Waals surface area contributed by atoms with Gasteiger partial charge in [0.1, 0.15) is 0 Å². The van der Waals surface area contributed by atoms with Gasteiger partial charge in [-0.15, -0.1) is 0 Å². The van der Waals surface area contributed by atoms with Crippen LogP contribution in [0.25, 0.3) is 0 Å². The molecule has 1 heterocycles.